The van der Waals surface area contributed by atoms with E-state index in [1.807, 2.05) is 31.2 Å². The summed E-state index contributed by atoms with van der Waals surface area (Å²) >= 11 is 0. The molecule has 1 aromatic carbocycles. The summed E-state index contributed by atoms with van der Waals surface area (Å²) in [6.45, 7) is 4.87. The molecule has 5 nitrogen and oxygen atoms in total. The van der Waals surface area contributed by atoms with Gasteiger partial charge >= 0.3 is 0 Å². The van der Waals surface area contributed by atoms with Gasteiger partial charge in [-0.15, -0.1) is 0 Å². The van der Waals surface area contributed by atoms with E-state index < -0.39 is 5.60 Å². The molecule has 1 aromatic rings. The number of nitrogens with one attached hydrogen (secondary N) is 1. The van der Waals surface area contributed by atoms with Crippen molar-refractivity contribution in [3.8, 4) is 5.75 Å². The number of rotatable bonds is 9. The highest BCUT2D eigenvalue weighted by Gasteiger charge is 2.31. The first-order valence-corrected chi connectivity index (χ1v) is 7.14. The summed E-state index contributed by atoms with van der Waals surface area (Å²) in [5.41, 5.74) is -0.0824. The predicted octanol–water partition coefficient (Wildman–Crippen LogP) is 2.86. The first kappa shape index (κ1) is 17.5. The number of carbonyl (C=O) groups excluding carboxylic acids is 1. The molecule has 21 heavy (non-hydrogen) atoms. The molecule has 0 saturated heterocycles. The average Bonchev–Trinajstić information content (AvgIpc) is 2.49. The Kier molecular flexibility index (Phi) is 7.19. The lowest BCUT2D eigenvalue weighted by molar-refractivity contribution is -0.136. The van der Waals surface area contributed by atoms with Gasteiger partial charge in [0.25, 0.3) is 5.91 Å². The van der Waals surface area contributed by atoms with Crippen LogP contribution in [0, 0.1) is 0 Å². The van der Waals surface area contributed by atoms with Gasteiger partial charge in [0.1, 0.15) is 18.0 Å². The van der Waals surface area contributed by atoms with Gasteiger partial charge in [-0.25, -0.2) is 0 Å². The Morgan fingerprint density at radius 3 is 2.38 bits per heavy atom. The van der Waals surface area contributed by atoms with Crippen LogP contribution in [0.5, 0.6) is 5.75 Å². The fourth-order valence-corrected chi connectivity index (χ4v) is 1.93. The highest BCUT2D eigenvalue weighted by molar-refractivity contribution is 5.97. The zero-order chi connectivity index (χ0) is 15.7. The molecule has 0 heterocycles. The Morgan fingerprint density at radius 1 is 1.19 bits per heavy atom. The fraction of sp³-hybridized carbons (Fsp3) is 0.562. The highest BCUT2D eigenvalue weighted by Crippen LogP contribution is 2.21. The minimum absolute atomic E-state index is 0.139. The van der Waals surface area contributed by atoms with E-state index in [1.54, 1.807) is 21.1 Å². The number of hydrogen-bond acceptors (Lipinski definition) is 4. The van der Waals surface area contributed by atoms with Crippen LogP contribution in [0.3, 0.4) is 0 Å². The largest absolute Gasteiger partial charge is 0.491 e. The molecule has 1 N–H and O–H groups in total. The first-order valence-electron chi connectivity index (χ1n) is 7.14. The van der Waals surface area contributed by atoms with E-state index in [9.17, 15) is 4.79 Å². The first-order chi connectivity index (χ1) is 10.1. The smallest absolute Gasteiger partial charge is 0.256 e. The van der Waals surface area contributed by atoms with Crippen molar-refractivity contribution in [1.82, 2.24) is 0 Å². The van der Waals surface area contributed by atoms with Crippen LogP contribution >= 0.6 is 0 Å². The maximum absolute atomic E-state index is 12.3. The Bertz CT molecular complexity index is 432. The van der Waals surface area contributed by atoms with Crippen LogP contribution in [0.1, 0.15) is 26.7 Å². The third-order valence-electron chi connectivity index (χ3n) is 3.33. The maximum atomic E-state index is 12.3. The van der Waals surface area contributed by atoms with Gasteiger partial charge < -0.3 is 19.5 Å². The Labute approximate surface area is 126 Å². The van der Waals surface area contributed by atoms with Gasteiger partial charge in [-0.2, -0.15) is 0 Å². The van der Waals surface area contributed by atoms with Crippen LogP contribution in [0.2, 0.25) is 0 Å². The van der Waals surface area contributed by atoms with Gasteiger partial charge in [-0.1, -0.05) is 13.3 Å². The molecule has 0 saturated carbocycles. The molecule has 0 aliphatic heterocycles. The van der Waals surface area contributed by atoms with Crippen LogP contribution in [-0.4, -0.2) is 38.9 Å². The predicted molar refractivity (Wildman–Crippen MR) is 82.8 cm³/mol. The molecular weight excluding hydrogens is 270 g/mol. The molecule has 1 rings (SSSR count). The number of carbonyl (C=O) groups is 1. The van der Waals surface area contributed by atoms with Crippen molar-refractivity contribution in [3.05, 3.63) is 24.3 Å². The monoisotopic (exact) mass is 295 g/mol. The van der Waals surface area contributed by atoms with Crippen LogP contribution in [0.15, 0.2) is 24.3 Å². The van der Waals surface area contributed by atoms with Crippen molar-refractivity contribution in [2.24, 2.45) is 0 Å². The Morgan fingerprint density at radius 2 is 1.86 bits per heavy atom. The number of amides is 1. The maximum Gasteiger partial charge on any atom is 0.256 e. The molecule has 0 aromatic heterocycles. The van der Waals surface area contributed by atoms with Crippen molar-refractivity contribution < 1.29 is 19.0 Å². The fourth-order valence-electron chi connectivity index (χ4n) is 1.93. The summed E-state index contributed by atoms with van der Waals surface area (Å²) in [6.07, 6.45) is 1.55. The molecule has 5 heteroatoms. The molecule has 0 aliphatic carbocycles. The molecule has 0 aliphatic rings. The number of hydrogen-bond donors (Lipinski definition) is 1. The Balaban J connectivity index is 2.60. The van der Waals surface area contributed by atoms with Crippen molar-refractivity contribution >= 4 is 11.6 Å². The lowest BCUT2D eigenvalue weighted by Crippen LogP contribution is -2.41. The standard InChI is InChI=1S/C16H25NO4/c1-5-10-16(2,20-4)15(18)17-13-6-8-14(9-7-13)21-12-11-19-3/h6-9H,5,10-12H2,1-4H3,(H,17,18). The summed E-state index contributed by atoms with van der Waals surface area (Å²) < 4.78 is 15.7. The molecule has 0 fully saturated rings. The number of ether oxygens (including phenoxy) is 3. The molecular formula is C16H25NO4. The summed E-state index contributed by atoms with van der Waals surface area (Å²) in [5.74, 6) is 0.605. The lowest BCUT2D eigenvalue weighted by atomic mass is 9.99. The van der Waals surface area contributed by atoms with E-state index in [4.69, 9.17) is 14.2 Å². The van der Waals surface area contributed by atoms with Gasteiger partial charge in [0.2, 0.25) is 0 Å². The third kappa shape index (κ3) is 5.36. The van der Waals surface area contributed by atoms with Crippen molar-refractivity contribution in [1.29, 1.82) is 0 Å². The second-order valence-electron chi connectivity index (χ2n) is 5.00. The summed E-state index contributed by atoms with van der Waals surface area (Å²) in [7, 11) is 3.19. The van der Waals surface area contributed by atoms with E-state index in [1.165, 1.54) is 0 Å². The molecule has 0 radical (unpaired) electrons. The highest BCUT2D eigenvalue weighted by atomic mass is 16.5. The number of methoxy groups -OCH3 is 2. The van der Waals surface area contributed by atoms with Crippen molar-refractivity contribution in [2.75, 3.05) is 32.8 Å². The van der Waals surface area contributed by atoms with Crippen LogP contribution < -0.4 is 10.1 Å². The normalized spacial score (nSPS) is 13.5. The Hall–Kier alpha value is -1.59. The minimum atomic E-state index is -0.803. The summed E-state index contributed by atoms with van der Waals surface area (Å²) in [4.78, 5) is 12.3. The molecule has 1 unspecified atom stereocenters. The van der Waals surface area contributed by atoms with Gasteiger partial charge in [0.05, 0.1) is 6.61 Å². The summed E-state index contributed by atoms with van der Waals surface area (Å²) in [5, 5.41) is 2.87. The zero-order valence-electron chi connectivity index (χ0n) is 13.3. The molecule has 0 spiro atoms. The molecule has 118 valence electrons. The van der Waals surface area contributed by atoms with Gasteiger partial charge in [0.15, 0.2) is 0 Å². The third-order valence-corrected chi connectivity index (χ3v) is 3.33. The quantitative estimate of drug-likeness (QED) is 0.712. The average molecular weight is 295 g/mol. The molecule has 1 amide bonds. The van der Waals surface area contributed by atoms with E-state index >= 15 is 0 Å². The van der Waals surface area contributed by atoms with Gasteiger partial charge in [0, 0.05) is 19.9 Å². The van der Waals surface area contributed by atoms with E-state index in [0.717, 1.165) is 17.9 Å². The van der Waals surface area contributed by atoms with Crippen molar-refractivity contribution in [3.63, 3.8) is 0 Å². The van der Waals surface area contributed by atoms with Crippen LogP contribution in [-0.2, 0) is 14.3 Å². The van der Waals surface area contributed by atoms with Gasteiger partial charge in [-0.05, 0) is 37.6 Å². The van der Waals surface area contributed by atoms with Crippen LogP contribution in [0.4, 0.5) is 5.69 Å². The van der Waals surface area contributed by atoms with E-state index in [0.29, 0.717) is 19.6 Å². The zero-order valence-corrected chi connectivity index (χ0v) is 13.3. The van der Waals surface area contributed by atoms with Crippen molar-refractivity contribution in [2.45, 2.75) is 32.3 Å². The number of benzene rings is 1. The molecule has 0 bridgehead atoms. The SMILES string of the molecule is CCCC(C)(OC)C(=O)Nc1ccc(OCCOC)cc1. The second-order valence-corrected chi connectivity index (χ2v) is 5.00. The van der Waals surface area contributed by atoms with E-state index in [-0.39, 0.29) is 5.91 Å². The topological polar surface area (TPSA) is 56.8 Å². The van der Waals surface area contributed by atoms with Gasteiger partial charge in [-0.3, -0.25) is 4.79 Å². The molecule has 1 atom stereocenters. The minimum Gasteiger partial charge on any atom is -0.491 e. The summed E-state index contributed by atoms with van der Waals surface area (Å²) in [6, 6.07) is 7.24. The lowest BCUT2D eigenvalue weighted by Gasteiger charge is -2.26. The van der Waals surface area contributed by atoms with Crippen LogP contribution in [0.25, 0.3) is 0 Å². The second kappa shape index (κ2) is 8.64. The van der Waals surface area contributed by atoms with E-state index in [2.05, 4.69) is 5.32 Å². The number of anilines is 1.